The Balaban J connectivity index is 3.76. The van der Waals surface area contributed by atoms with E-state index in [2.05, 4.69) is 6.55 Å². The van der Waals surface area contributed by atoms with E-state index in [-0.39, 0.29) is 0 Å². The minimum Gasteiger partial charge on any atom is -0.465 e. The quantitative estimate of drug-likeness (QED) is 0.493. The minimum atomic E-state index is -1.98. The Hall–Kier alpha value is -0.593. The molecule has 18 heavy (non-hydrogen) atoms. The molecule has 0 saturated carbocycles. The summed E-state index contributed by atoms with van der Waals surface area (Å²) in [6.07, 6.45) is 2.08. The third kappa shape index (κ3) is 7.68. The lowest BCUT2D eigenvalue weighted by Gasteiger charge is -2.26. The SMILES string of the molecule is CCO[Si](C)(CCCCCN(C)C(=O)O)OCC. The average molecular weight is 277 g/mol. The first-order valence-electron chi connectivity index (χ1n) is 6.67. The highest BCUT2D eigenvalue weighted by Crippen LogP contribution is 2.17. The van der Waals surface area contributed by atoms with Gasteiger partial charge < -0.3 is 18.9 Å². The van der Waals surface area contributed by atoms with Crippen LogP contribution < -0.4 is 0 Å². The fourth-order valence-electron chi connectivity index (χ4n) is 1.86. The molecule has 0 aliphatic heterocycles. The van der Waals surface area contributed by atoms with Crippen molar-refractivity contribution in [3.63, 3.8) is 0 Å². The van der Waals surface area contributed by atoms with Gasteiger partial charge in [0.1, 0.15) is 0 Å². The first-order chi connectivity index (χ1) is 8.45. The number of nitrogens with zero attached hydrogens (tertiary/aromatic N) is 1. The lowest BCUT2D eigenvalue weighted by molar-refractivity contribution is 0.155. The predicted octanol–water partition coefficient (Wildman–Crippen LogP) is 2.91. The van der Waals surface area contributed by atoms with Gasteiger partial charge in [-0.3, -0.25) is 0 Å². The molecule has 0 aliphatic carbocycles. The second-order valence-corrected chi connectivity index (χ2v) is 7.86. The molecule has 5 nitrogen and oxygen atoms in total. The molecular weight excluding hydrogens is 250 g/mol. The Morgan fingerprint density at radius 2 is 1.72 bits per heavy atom. The summed E-state index contributed by atoms with van der Waals surface area (Å²) in [5.74, 6) is 0. The molecule has 0 aromatic heterocycles. The Morgan fingerprint density at radius 3 is 2.17 bits per heavy atom. The monoisotopic (exact) mass is 277 g/mol. The molecule has 108 valence electrons. The number of unbranched alkanes of at least 4 members (excludes halogenated alkanes) is 2. The van der Waals surface area contributed by atoms with Crippen LogP contribution in [0.25, 0.3) is 0 Å². The molecule has 0 aliphatic rings. The van der Waals surface area contributed by atoms with Crippen molar-refractivity contribution >= 4 is 14.7 Å². The number of hydrogen-bond acceptors (Lipinski definition) is 3. The summed E-state index contributed by atoms with van der Waals surface area (Å²) in [5, 5.41) is 8.70. The normalized spacial score (nSPS) is 11.6. The summed E-state index contributed by atoms with van der Waals surface area (Å²) in [6, 6.07) is 0.978. The van der Waals surface area contributed by atoms with E-state index in [9.17, 15) is 4.79 Å². The lowest BCUT2D eigenvalue weighted by atomic mass is 10.2. The summed E-state index contributed by atoms with van der Waals surface area (Å²) in [7, 11) is -0.380. The molecule has 1 N–H and O–H groups in total. The molecule has 0 bridgehead atoms. The van der Waals surface area contributed by atoms with Gasteiger partial charge in [-0.1, -0.05) is 12.8 Å². The average Bonchev–Trinajstić information content (AvgIpc) is 2.28. The largest absolute Gasteiger partial charge is 0.465 e. The van der Waals surface area contributed by atoms with Crippen molar-refractivity contribution in [1.29, 1.82) is 0 Å². The molecule has 0 fully saturated rings. The lowest BCUT2D eigenvalue weighted by Crippen LogP contribution is -2.38. The summed E-state index contributed by atoms with van der Waals surface area (Å²) in [6.45, 7) is 8.08. The van der Waals surface area contributed by atoms with Gasteiger partial charge in [-0.05, 0) is 32.9 Å². The van der Waals surface area contributed by atoms with Crippen molar-refractivity contribution in [2.45, 2.75) is 45.7 Å². The number of rotatable bonds is 10. The minimum absolute atomic E-state index is 0.594. The summed E-state index contributed by atoms with van der Waals surface area (Å²) in [4.78, 5) is 11.9. The highest BCUT2D eigenvalue weighted by Gasteiger charge is 2.29. The smallest absolute Gasteiger partial charge is 0.407 e. The molecule has 0 heterocycles. The molecule has 0 rings (SSSR count). The number of hydrogen-bond donors (Lipinski definition) is 1. The predicted molar refractivity (Wildman–Crippen MR) is 74.2 cm³/mol. The fraction of sp³-hybridized carbons (Fsp3) is 0.917. The van der Waals surface area contributed by atoms with Crippen LogP contribution in [0, 0.1) is 0 Å². The van der Waals surface area contributed by atoms with Crippen molar-refractivity contribution in [1.82, 2.24) is 4.90 Å². The molecule has 6 heteroatoms. The maximum atomic E-state index is 10.6. The Labute approximate surface area is 111 Å². The molecule has 0 unspecified atom stereocenters. The molecule has 0 atom stereocenters. The van der Waals surface area contributed by atoms with Gasteiger partial charge >= 0.3 is 14.7 Å². The Kier molecular flexibility index (Phi) is 9.04. The van der Waals surface area contributed by atoms with Crippen molar-refractivity contribution in [3.8, 4) is 0 Å². The topological polar surface area (TPSA) is 59.0 Å². The van der Waals surface area contributed by atoms with E-state index in [1.807, 2.05) is 13.8 Å². The van der Waals surface area contributed by atoms with E-state index < -0.39 is 14.7 Å². The first kappa shape index (κ1) is 17.4. The molecule has 0 saturated heterocycles. The van der Waals surface area contributed by atoms with Crippen LogP contribution >= 0.6 is 0 Å². The van der Waals surface area contributed by atoms with Gasteiger partial charge in [0.2, 0.25) is 0 Å². The van der Waals surface area contributed by atoms with Gasteiger partial charge in [0, 0.05) is 26.8 Å². The van der Waals surface area contributed by atoms with Crippen molar-refractivity contribution < 1.29 is 18.8 Å². The molecule has 0 radical (unpaired) electrons. The van der Waals surface area contributed by atoms with E-state index in [1.54, 1.807) is 7.05 Å². The molecule has 0 aromatic carbocycles. The summed E-state index contributed by atoms with van der Waals surface area (Å²) < 4.78 is 11.5. The van der Waals surface area contributed by atoms with Crippen molar-refractivity contribution in [2.24, 2.45) is 0 Å². The zero-order valence-electron chi connectivity index (χ0n) is 12.1. The fourth-order valence-corrected chi connectivity index (χ4v) is 4.35. The molecule has 0 aromatic rings. The second-order valence-electron chi connectivity index (χ2n) is 4.51. The van der Waals surface area contributed by atoms with E-state index in [4.69, 9.17) is 14.0 Å². The number of carbonyl (C=O) groups is 1. The van der Waals surface area contributed by atoms with E-state index >= 15 is 0 Å². The Bertz CT molecular complexity index is 232. The molecule has 0 spiro atoms. The van der Waals surface area contributed by atoms with Crippen LogP contribution in [0.5, 0.6) is 0 Å². The summed E-state index contributed by atoms with van der Waals surface area (Å²) >= 11 is 0. The number of carboxylic acid groups (broad SMARTS) is 1. The van der Waals surface area contributed by atoms with Gasteiger partial charge in [0.15, 0.2) is 0 Å². The van der Waals surface area contributed by atoms with Gasteiger partial charge in [0.25, 0.3) is 0 Å². The van der Waals surface area contributed by atoms with Crippen LogP contribution in [-0.4, -0.2) is 51.5 Å². The third-order valence-corrected chi connectivity index (χ3v) is 5.91. The van der Waals surface area contributed by atoms with Crippen LogP contribution in [-0.2, 0) is 8.85 Å². The van der Waals surface area contributed by atoms with Gasteiger partial charge in [-0.25, -0.2) is 4.79 Å². The zero-order valence-corrected chi connectivity index (χ0v) is 13.1. The number of amides is 1. The van der Waals surface area contributed by atoms with E-state index in [0.29, 0.717) is 19.8 Å². The van der Waals surface area contributed by atoms with Gasteiger partial charge in [0.05, 0.1) is 0 Å². The van der Waals surface area contributed by atoms with Crippen molar-refractivity contribution in [2.75, 3.05) is 26.8 Å². The maximum absolute atomic E-state index is 10.6. The van der Waals surface area contributed by atoms with Crippen LogP contribution in [0.15, 0.2) is 0 Å². The van der Waals surface area contributed by atoms with Gasteiger partial charge in [-0.2, -0.15) is 0 Å². The molecule has 1 amide bonds. The maximum Gasteiger partial charge on any atom is 0.407 e. The Morgan fingerprint density at radius 1 is 1.17 bits per heavy atom. The van der Waals surface area contributed by atoms with Crippen LogP contribution in [0.3, 0.4) is 0 Å². The molecular formula is C12H27NO4Si. The van der Waals surface area contributed by atoms with Crippen LogP contribution in [0.2, 0.25) is 12.6 Å². The van der Waals surface area contributed by atoms with Crippen molar-refractivity contribution in [3.05, 3.63) is 0 Å². The van der Waals surface area contributed by atoms with Gasteiger partial charge in [-0.15, -0.1) is 0 Å². The third-order valence-electron chi connectivity index (χ3n) is 2.85. The van der Waals surface area contributed by atoms with E-state index in [1.165, 1.54) is 4.90 Å². The first-order valence-corrected chi connectivity index (χ1v) is 9.19. The highest BCUT2D eigenvalue weighted by molar-refractivity contribution is 6.66. The van der Waals surface area contributed by atoms with Crippen LogP contribution in [0.4, 0.5) is 4.79 Å². The standard InChI is InChI=1S/C12H27NO4Si/c1-5-16-18(4,17-6-2)11-9-7-8-10-13(3)12(14)15/h5-11H2,1-4H3,(H,14,15). The highest BCUT2D eigenvalue weighted by atomic mass is 28.4. The van der Waals surface area contributed by atoms with Crippen LogP contribution in [0.1, 0.15) is 33.1 Å². The summed E-state index contributed by atoms with van der Waals surface area (Å²) in [5.41, 5.74) is 0. The van der Waals surface area contributed by atoms with E-state index in [0.717, 1.165) is 25.3 Å². The second kappa shape index (κ2) is 9.35. The zero-order chi connectivity index (χ0) is 14.0.